The van der Waals surface area contributed by atoms with E-state index in [1.54, 1.807) is 18.2 Å². The zero-order valence-electron chi connectivity index (χ0n) is 11.5. The molecule has 1 aliphatic rings. The quantitative estimate of drug-likeness (QED) is 0.903. The van der Waals surface area contributed by atoms with Crippen LogP contribution >= 0.6 is 23.2 Å². The predicted molar refractivity (Wildman–Crippen MR) is 86.8 cm³/mol. The summed E-state index contributed by atoms with van der Waals surface area (Å²) in [4.78, 5) is 0. The first-order valence-corrected chi connectivity index (χ1v) is 7.71. The van der Waals surface area contributed by atoms with Gasteiger partial charge in [-0.3, -0.25) is 0 Å². The van der Waals surface area contributed by atoms with Crippen LogP contribution in [0.15, 0.2) is 42.5 Å². The number of fused-ring (bicyclic) bond motifs is 1. The second-order valence-electron chi connectivity index (χ2n) is 5.76. The maximum atomic E-state index is 10.9. The molecule has 21 heavy (non-hydrogen) atoms. The zero-order valence-corrected chi connectivity index (χ0v) is 13.0. The summed E-state index contributed by atoms with van der Waals surface area (Å²) in [7, 11) is 0. The second kappa shape index (κ2) is 5.62. The second-order valence-corrected chi connectivity index (χ2v) is 6.60. The van der Waals surface area contributed by atoms with Crippen LogP contribution in [-0.2, 0) is 12.8 Å². The van der Waals surface area contributed by atoms with Gasteiger partial charge in [0.1, 0.15) is 0 Å². The topological polar surface area (TPSA) is 46.2 Å². The van der Waals surface area contributed by atoms with Crippen molar-refractivity contribution >= 4 is 23.2 Å². The van der Waals surface area contributed by atoms with Crippen molar-refractivity contribution in [2.24, 2.45) is 11.1 Å². The number of rotatable bonds is 3. The van der Waals surface area contributed by atoms with E-state index in [1.165, 1.54) is 11.1 Å². The SMILES string of the molecule is NCC1(C(O)c2cc(Cl)ccc2Cl)Cc2ccccc2C1. The summed E-state index contributed by atoms with van der Waals surface area (Å²) in [5, 5.41) is 12.0. The third kappa shape index (κ3) is 2.58. The molecule has 0 fully saturated rings. The third-order valence-electron chi connectivity index (χ3n) is 4.44. The first kappa shape index (κ1) is 14.9. The lowest BCUT2D eigenvalue weighted by molar-refractivity contribution is 0.0359. The van der Waals surface area contributed by atoms with E-state index in [-0.39, 0.29) is 0 Å². The van der Waals surface area contributed by atoms with Gasteiger partial charge in [-0.25, -0.2) is 0 Å². The van der Waals surface area contributed by atoms with Crippen LogP contribution < -0.4 is 5.73 Å². The van der Waals surface area contributed by atoms with Crippen LogP contribution in [-0.4, -0.2) is 11.7 Å². The summed E-state index contributed by atoms with van der Waals surface area (Å²) in [6.45, 7) is 0.395. The highest BCUT2D eigenvalue weighted by Crippen LogP contribution is 2.46. The molecular weight excluding hydrogens is 305 g/mol. The monoisotopic (exact) mass is 321 g/mol. The van der Waals surface area contributed by atoms with Crippen molar-refractivity contribution in [1.82, 2.24) is 0 Å². The minimum Gasteiger partial charge on any atom is -0.388 e. The number of aliphatic hydroxyl groups is 1. The van der Waals surface area contributed by atoms with Gasteiger partial charge in [-0.05, 0) is 42.2 Å². The van der Waals surface area contributed by atoms with Crippen molar-refractivity contribution in [3.8, 4) is 0 Å². The van der Waals surface area contributed by atoms with Gasteiger partial charge in [0.15, 0.2) is 0 Å². The van der Waals surface area contributed by atoms with Gasteiger partial charge < -0.3 is 10.8 Å². The van der Waals surface area contributed by atoms with Gasteiger partial charge in [0.05, 0.1) is 6.10 Å². The molecular formula is C17H17Cl2NO. The highest BCUT2D eigenvalue weighted by molar-refractivity contribution is 6.33. The molecule has 2 aromatic carbocycles. The Labute approximate surface area is 134 Å². The molecule has 0 aromatic heterocycles. The first-order valence-electron chi connectivity index (χ1n) is 6.95. The zero-order chi connectivity index (χ0) is 15.0. The fraction of sp³-hybridized carbons (Fsp3) is 0.294. The molecule has 3 N–H and O–H groups in total. The minimum atomic E-state index is -0.735. The number of hydrogen-bond donors (Lipinski definition) is 2. The summed E-state index contributed by atoms with van der Waals surface area (Å²) < 4.78 is 0. The molecule has 4 heteroatoms. The maximum absolute atomic E-state index is 10.9. The molecule has 1 unspecified atom stereocenters. The molecule has 3 rings (SSSR count). The molecule has 2 aromatic rings. The average Bonchev–Trinajstić information content (AvgIpc) is 2.89. The number of benzene rings is 2. The molecule has 0 saturated carbocycles. The van der Waals surface area contributed by atoms with E-state index < -0.39 is 11.5 Å². The van der Waals surface area contributed by atoms with Crippen LogP contribution in [0.2, 0.25) is 10.0 Å². The summed E-state index contributed by atoms with van der Waals surface area (Å²) in [6, 6.07) is 13.4. The van der Waals surface area contributed by atoms with Gasteiger partial charge in [0.2, 0.25) is 0 Å². The van der Waals surface area contributed by atoms with Gasteiger partial charge in [0.25, 0.3) is 0 Å². The van der Waals surface area contributed by atoms with E-state index in [1.807, 2.05) is 12.1 Å². The molecule has 0 radical (unpaired) electrons. The van der Waals surface area contributed by atoms with Crippen molar-refractivity contribution in [2.75, 3.05) is 6.54 Å². The number of hydrogen-bond acceptors (Lipinski definition) is 2. The third-order valence-corrected chi connectivity index (χ3v) is 5.02. The highest BCUT2D eigenvalue weighted by atomic mass is 35.5. The first-order chi connectivity index (χ1) is 10.1. The highest BCUT2D eigenvalue weighted by Gasteiger charge is 2.43. The molecule has 0 bridgehead atoms. The summed E-state index contributed by atoms with van der Waals surface area (Å²) in [5.41, 5.74) is 8.78. The van der Waals surface area contributed by atoms with Crippen molar-refractivity contribution in [1.29, 1.82) is 0 Å². The number of nitrogens with two attached hydrogens (primary N) is 1. The van der Waals surface area contributed by atoms with E-state index >= 15 is 0 Å². The fourth-order valence-corrected chi connectivity index (χ4v) is 3.63. The van der Waals surface area contributed by atoms with Crippen molar-refractivity contribution in [3.63, 3.8) is 0 Å². The van der Waals surface area contributed by atoms with Crippen LogP contribution in [0, 0.1) is 5.41 Å². The summed E-state index contributed by atoms with van der Waals surface area (Å²) >= 11 is 12.3. The van der Waals surface area contributed by atoms with E-state index in [4.69, 9.17) is 28.9 Å². The van der Waals surface area contributed by atoms with Crippen molar-refractivity contribution < 1.29 is 5.11 Å². The predicted octanol–water partition coefficient (Wildman–Crippen LogP) is 3.77. The molecule has 0 saturated heterocycles. The Hall–Kier alpha value is -1.06. The summed E-state index contributed by atoms with van der Waals surface area (Å²) in [5.74, 6) is 0. The molecule has 0 amide bonds. The van der Waals surface area contributed by atoms with E-state index in [2.05, 4.69) is 12.1 Å². The lowest BCUT2D eigenvalue weighted by Crippen LogP contribution is -2.37. The Morgan fingerprint density at radius 1 is 1.10 bits per heavy atom. The lowest BCUT2D eigenvalue weighted by atomic mass is 9.76. The van der Waals surface area contributed by atoms with Crippen LogP contribution in [0.25, 0.3) is 0 Å². The van der Waals surface area contributed by atoms with Crippen molar-refractivity contribution in [3.05, 3.63) is 69.2 Å². The molecule has 110 valence electrons. The maximum Gasteiger partial charge on any atom is 0.0879 e. The van der Waals surface area contributed by atoms with Crippen molar-refractivity contribution in [2.45, 2.75) is 18.9 Å². The van der Waals surface area contributed by atoms with Gasteiger partial charge in [-0.15, -0.1) is 0 Å². The average molecular weight is 322 g/mol. The van der Waals surface area contributed by atoms with Gasteiger partial charge in [-0.1, -0.05) is 47.5 Å². The molecule has 0 aliphatic heterocycles. The minimum absolute atomic E-state index is 0.395. The summed E-state index contributed by atoms with van der Waals surface area (Å²) in [6.07, 6.45) is 0.772. The largest absolute Gasteiger partial charge is 0.388 e. The van der Waals surface area contributed by atoms with Gasteiger partial charge >= 0.3 is 0 Å². The number of halogens is 2. The Balaban J connectivity index is 2.00. The van der Waals surface area contributed by atoms with Crippen LogP contribution in [0.4, 0.5) is 0 Å². The molecule has 0 spiro atoms. The Kier molecular flexibility index (Phi) is 3.98. The molecule has 1 aliphatic carbocycles. The van der Waals surface area contributed by atoms with E-state index in [0.29, 0.717) is 22.2 Å². The molecule has 1 atom stereocenters. The standard InChI is InChI=1S/C17H17Cl2NO/c18-13-5-6-15(19)14(7-13)16(21)17(10-20)8-11-3-1-2-4-12(11)9-17/h1-7,16,21H,8-10,20H2. The fourth-order valence-electron chi connectivity index (χ4n) is 3.23. The normalized spacial score (nSPS) is 17.5. The van der Waals surface area contributed by atoms with Crippen LogP contribution in [0.5, 0.6) is 0 Å². The van der Waals surface area contributed by atoms with Crippen LogP contribution in [0.1, 0.15) is 22.8 Å². The van der Waals surface area contributed by atoms with Crippen LogP contribution in [0.3, 0.4) is 0 Å². The Bertz CT molecular complexity index is 647. The lowest BCUT2D eigenvalue weighted by Gasteiger charge is -2.33. The number of aliphatic hydroxyl groups excluding tert-OH is 1. The Morgan fingerprint density at radius 2 is 1.71 bits per heavy atom. The van der Waals surface area contributed by atoms with E-state index in [9.17, 15) is 5.11 Å². The van der Waals surface area contributed by atoms with Gasteiger partial charge in [0, 0.05) is 27.6 Å². The van der Waals surface area contributed by atoms with Gasteiger partial charge in [-0.2, -0.15) is 0 Å². The molecule has 0 heterocycles. The Morgan fingerprint density at radius 3 is 2.29 bits per heavy atom. The molecule has 2 nitrogen and oxygen atoms in total. The smallest absolute Gasteiger partial charge is 0.0879 e. The van der Waals surface area contributed by atoms with E-state index in [0.717, 1.165) is 12.8 Å².